The molecule has 0 saturated heterocycles. The minimum absolute atomic E-state index is 0.249. The molecule has 3 aromatic rings. The lowest BCUT2D eigenvalue weighted by Gasteiger charge is -2.03. The highest BCUT2D eigenvalue weighted by molar-refractivity contribution is 5.81. The third-order valence-electron chi connectivity index (χ3n) is 3.35. The number of rotatable bonds is 5. The molecule has 0 spiro atoms. The van der Waals surface area contributed by atoms with Crippen molar-refractivity contribution >= 4 is 23.2 Å². The SMILES string of the molecule is C#CCOc1cccc(/C=N\Nc2nc3ccccc3n2C)c1. The summed E-state index contributed by atoms with van der Waals surface area (Å²) >= 11 is 0. The van der Waals surface area contributed by atoms with E-state index < -0.39 is 0 Å². The predicted octanol–water partition coefficient (Wildman–Crippen LogP) is 3.03. The molecule has 0 fully saturated rings. The van der Waals surface area contributed by atoms with Gasteiger partial charge in [-0.25, -0.2) is 10.4 Å². The van der Waals surface area contributed by atoms with Gasteiger partial charge in [0.1, 0.15) is 12.4 Å². The van der Waals surface area contributed by atoms with Crippen LogP contribution in [0.5, 0.6) is 5.75 Å². The first-order chi connectivity index (χ1) is 11.3. The Labute approximate surface area is 134 Å². The van der Waals surface area contributed by atoms with E-state index in [1.54, 1.807) is 6.21 Å². The van der Waals surface area contributed by atoms with E-state index in [1.807, 2.05) is 60.1 Å². The van der Waals surface area contributed by atoms with Gasteiger partial charge in [0.2, 0.25) is 5.95 Å². The molecular weight excluding hydrogens is 288 g/mol. The van der Waals surface area contributed by atoms with Crippen LogP contribution in [0.15, 0.2) is 53.6 Å². The molecule has 0 bridgehead atoms. The Morgan fingerprint density at radius 2 is 2.17 bits per heavy atom. The highest BCUT2D eigenvalue weighted by Gasteiger charge is 2.05. The molecule has 1 aromatic heterocycles. The number of terminal acetylenes is 1. The molecule has 3 rings (SSSR count). The Bertz CT molecular complexity index is 889. The van der Waals surface area contributed by atoms with Crippen LogP contribution in [0.2, 0.25) is 0 Å². The largest absolute Gasteiger partial charge is 0.481 e. The van der Waals surface area contributed by atoms with Crippen molar-refractivity contribution in [3.05, 3.63) is 54.1 Å². The minimum atomic E-state index is 0.249. The van der Waals surface area contributed by atoms with Gasteiger partial charge in [0.05, 0.1) is 17.2 Å². The Morgan fingerprint density at radius 3 is 3.00 bits per heavy atom. The Balaban J connectivity index is 1.73. The molecular formula is C18H16N4O. The zero-order chi connectivity index (χ0) is 16.1. The highest BCUT2D eigenvalue weighted by atomic mass is 16.5. The van der Waals surface area contributed by atoms with Crippen molar-refractivity contribution in [3.63, 3.8) is 0 Å². The first kappa shape index (κ1) is 14.7. The summed E-state index contributed by atoms with van der Waals surface area (Å²) in [5.41, 5.74) is 5.85. The van der Waals surface area contributed by atoms with Gasteiger partial charge in [0.25, 0.3) is 0 Å². The van der Waals surface area contributed by atoms with Gasteiger partial charge in [-0.1, -0.05) is 30.2 Å². The number of aromatic nitrogens is 2. The maximum Gasteiger partial charge on any atom is 0.224 e. The number of ether oxygens (including phenoxy) is 1. The molecule has 2 aromatic carbocycles. The average Bonchev–Trinajstić information content (AvgIpc) is 2.90. The van der Waals surface area contributed by atoms with Crippen LogP contribution in [-0.2, 0) is 7.05 Å². The molecule has 5 heteroatoms. The highest BCUT2D eigenvalue weighted by Crippen LogP contribution is 2.17. The molecule has 0 radical (unpaired) electrons. The first-order valence-corrected chi connectivity index (χ1v) is 7.15. The quantitative estimate of drug-likeness (QED) is 0.448. The van der Waals surface area contributed by atoms with Crippen LogP contribution in [0.1, 0.15) is 5.56 Å². The second-order valence-corrected chi connectivity index (χ2v) is 4.92. The van der Waals surface area contributed by atoms with Gasteiger partial charge in [0, 0.05) is 7.05 Å². The van der Waals surface area contributed by atoms with Crippen LogP contribution in [0.4, 0.5) is 5.95 Å². The number of hydrazone groups is 1. The van der Waals surface area contributed by atoms with Crippen LogP contribution in [-0.4, -0.2) is 22.4 Å². The molecule has 1 N–H and O–H groups in total. The summed E-state index contributed by atoms with van der Waals surface area (Å²) < 4.78 is 7.34. The summed E-state index contributed by atoms with van der Waals surface area (Å²) in [5, 5.41) is 4.24. The second-order valence-electron chi connectivity index (χ2n) is 4.92. The van der Waals surface area contributed by atoms with Gasteiger partial charge in [0.15, 0.2) is 0 Å². The van der Waals surface area contributed by atoms with Gasteiger partial charge in [-0.3, -0.25) is 0 Å². The zero-order valence-electron chi connectivity index (χ0n) is 12.7. The number of fused-ring (bicyclic) bond motifs is 1. The van der Waals surface area contributed by atoms with Crippen molar-refractivity contribution in [2.24, 2.45) is 12.1 Å². The molecule has 0 unspecified atom stereocenters. The van der Waals surface area contributed by atoms with E-state index in [-0.39, 0.29) is 6.61 Å². The van der Waals surface area contributed by atoms with Crippen LogP contribution < -0.4 is 10.2 Å². The third-order valence-corrected chi connectivity index (χ3v) is 3.35. The summed E-state index contributed by atoms with van der Waals surface area (Å²) in [7, 11) is 1.95. The van der Waals surface area contributed by atoms with Gasteiger partial charge < -0.3 is 9.30 Å². The number of nitrogens with zero attached hydrogens (tertiary/aromatic N) is 3. The smallest absolute Gasteiger partial charge is 0.224 e. The summed E-state index contributed by atoms with van der Waals surface area (Å²) in [6.45, 7) is 0.249. The monoisotopic (exact) mass is 304 g/mol. The number of benzene rings is 2. The number of imidazole rings is 1. The normalized spacial score (nSPS) is 10.8. The van der Waals surface area contributed by atoms with Crippen molar-refractivity contribution in [1.29, 1.82) is 0 Å². The molecule has 114 valence electrons. The molecule has 23 heavy (non-hydrogen) atoms. The molecule has 0 atom stereocenters. The van der Waals surface area contributed by atoms with Gasteiger partial charge in [-0.2, -0.15) is 5.10 Å². The number of anilines is 1. The molecule has 0 saturated carbocycles. The number of hydrogen-bond acceptors (Lipinski definition) is 4. The van der Waals surface area contributed by atoms with E-state index in [4.69, 9.17) is 11.2 Å². The number of hydrogen-bond donors (Lipinski definition) is 1. The topological polar surface area (TPSA) is 51.4 Å². The van der Waals surface area contributed by atoms with Crippen molar-refractivity contribution in [2.45, 2.75) is 0 Å². The Morgan fingerprint density at radius 1 is 1.30 bits per heavy atom. The van der Waals surface area contributed by atoms with E-state index in [2.05, 4.69) is 21.4 Å². The molecule has 5 nitrogen and oxygen atoms in total. The molecule has 0 amide bonds. The minimum Gasteiger partial charge on any atom is -0.481 e. The summed E-state index contributed by atoms with van der Waals surface area (Å²) in [5.74, 6) is 3.84. The van der Waals surface area contributed by atoms with E-state index in [1.165, 1.54) is 0 Å². The summed E-state index contributed by atoms with van der Waals surface area (Å²) in [4.78, 5) is 4.49. The fourth-order valence-corrected chi connectivity index (χ4v) is 2.22. The average molecular weight is 304 g/mol. The van der Waals surface area contributed by atoms with Crippen LogP contribution >= 0.6 is 0 Å². The Hall–Kier alpha value is -3.26. The van der Waals surface area contributed by atoms with Crippen molar-refractivity contribution < 1.29 is 4.74 Å². The second kappa shape index (κ2) is 6.67. The summed E-state index contributed by atoms with van der Waals surface area (Å²) in [6, 6.07) is 15.5. The van der Waals surface area contributed by atoms with Gasteiger partial charge >= 0.3 is 0 Å². The fraction of sp³-hybridized carbons (Fsp3) is 0.111. The molecule has 0 aliphatic rings. The number of nitrogens with one attached hydrogen (secondary N) is 1. The lowest BCUT2D eigenvalue weighted by molar-refractivity contribution is 0.370. The Kier molecular flexibility index (Phi) is 4.25. The first-order valence-electron chi connectivity index (χ1n) is 7.15. The van der Waals surface area contributed by atoms with E-state index >= 15 is 0 Å². The van der Waals surface area contributed by atoms with Gasteiger partial charge in [-0.15, -0.1) is 6.42 Å². The van der Waals surface area contributed by atoms with E-state index in [9.17, 15) is 0 Å². The molecule has 0 aliphatic carbocycles. The van der Waals surface area contributed by atoms with E-state index in [0.717, 1.165) is 22.3 Å². The standard InChI is InChI=1S/C18H16N4O/c1-3-11-23-15-8-6-7-14(12-15)13-19-21-18-20-16-9-4-5-10-17(16)22(18)2/h1,4-10,12-13H,11H2,2H3,(H,20,21)/b19-13-. The van der Waals surface area contributed by atoms with Crippen molar-refractivity contribution in [2.75, 3.05) is 12.0 Å². The lowest BCUT2D eigenvalue weighted by Crippen LogP contribution is -1.99. The maximum absolute atomic E-state index is 5.38. The third kappa shape index (κ3) is 3.33. The summed E-state index contributed by atoms with van der Waals surface area (Å²) in [6.07, 6.45) is 6.89. The lowest BCUT2D eigenvalue weighted by atomic mass is 10.2. The van der Waals surface area contributed by atoms with Crippen LogP contribution in [0.3, 0.4) is 0 Å². The van der Waals surface area contributed by atoms with Gasteiger partial charge in [-0.05, 0) is 29.8 Å². The van der Waals surface area contributed by atoms with E-state index in [0.29, 0.717) is 5.95 Å². The molecule has 1 heterocycles. The maximum atomic E-state index is 5.38. The fourth-order valence-electron chi connectivity index (χ4n) is 2.22. The van der Waals surface area contributed by atoms with Crippen LogP contribution in [0, 0.1) is 12.3 Å². The predicted molar refractivity (Wildman–Crippen MR) is 92.7 cm³/mol. The zero-order valence-corrected chi connectivity index (χ0v) is 12.7. The van der Waals surface area contributed by atoms with Crippen molar-refractivity contribution in [3.8, 4) is 18.1 Å². The number of aryl methyl sites for hydroxylation is 1. The number of para-hydroxylation sites is 2. The van der Waals surface area contributed by atoms with Crippen LogP contribution in [0.25, 0.3) is 11.0 Å². The van der Waals surface area contributed by atoms with Crippen molar-refractivity contribution in [1.82, 2.24) is 9.55 Å². The molecule has 0 aliphatic heterocycles.